The average molecular weight is 401 g/mol. The quantitative estimate of drug-likeness (QED) is 0.642. The Labute approximate surface area is 163 Å². The first-order valence-electron chi connectivity index (χ1n) is 8.75. The lowest BCUT2D eigenvalue weighted by Crippen LogP contribution is -2.30. The molecule has 0 unspecified atom stereocenters. The van der Waals surface area contributed by atoms with Gasteiger partial charge in [-0.3, -0.25) is 19.1 Å². The molecule has 2 aromatic carbocycles. The van der Waals surface area contributed by atoms with Crippen molar-refractivity contribution in [1.82, 2.24) is 9.78 Å². The van der Waals surface area contributed by atoms with Crippen LogP contribution >= 0.6 is 0 Å². The van der Waals surface area contributed by atoms with Crippen molar-refractivity contribution >= 4 is 28.5 Å². The Bertz CT molecular complexity index is 1130. The van der Waals surface area contributed by atoms with Gasteiger partial charge in [-0.2, -0.15) is 5.10 Å². The first-order chi connectivity index (χ1) is 13.8. The first-order valence-corrected chi connectivity index (χ1v) is 8.75. The third kappa shape index (κ3) is 4.81. The number of aryl methyl sites for hydroxylation is 1. The molecule has 0 bridgehead atoms. The van der Waals surface area contributed by atoms with Gasteiger partial charge >= 0.3 is 5.97 Å². The molecule has 1 atom stereocenters. The molecule has 0 aliphatic rings. The van der Waals surface area contributed by atoms with Gasteiger partial charge in [0.05, 0.1) is 30.4 Å². The second-order valence-corrected chi connectivity index (χ2v) is 6.24. The second-order valence-electron chi connectivity index (χ2n) is 6.24. The summed E-state index contributed by atoms with van der Waals surface area (Å²) in [6.45, 7) is 1.47. The van der Waals surface area contributed by atoms with Gasteiger partial charge in [-0.1, -0.05) is 12.1 Å². The van der Waals surface area contributed by atoms with Crippen LogP contribution in [0.25, 0.3) is 10.9 Å². The highest BCUT2D eigenvalue weighted by atomic mass is 19.1. The Balaban J connectivity index is 1.58. The van der Waals surface area contributed by atoms with E-state index in [-0.39, 0.29) is 24.1 Å². The minimum absolute atomic E-state index is 0.0948. The van der Waals surface area contributed by atoms with Crippen LogP contribution < -0.4 is 10.7 Å². The Kier molecular flexibility index (Phi) is 5.96. The number of para-hydroxylation sites is 1. The number of hydrogen-bond acceptors (Lipinski definition) is 5. The summed E-state index contributed by atoms with van der Waals surface area (Å²) in [5.41, 5.74) is 0.131. The number of hydrogen-bond donors (Lipinski definition) is 1. The molecule has 1 amide bonds. The number of amides is 1. The van der Waals surface area contributed by atoms with Crippen molar-refractivity contribution in [3.8, 4) is 0 Å². The third-order valence-electron chi connectivity index (χ3n) is 4.16. The lowest BCUT2D eigenvalue weighted by Gasteiger charge is -2.14. The minimum atomic E-state index is -1.19. The van der Waals surface area contributed by atoms with Crippen molar-refractivity contribution in [1.29, 1.82) is 0 Å². The molecule has 0 spiro atoms. The number of aromatic nitrogens is 2. The van der Waals surface area contributed by atoms with Gasteiger partial charge in [0.2, 0.25) is 5.43 Å². The molecule has 3 rings (SSSR count). The number of halogens is 2. The molecule has 7 nitrogen and oxygen atoms in total. The van der Waals surface area contributed by atoms with E-state index in [1.807, 2.05) is 0 Å². The Morgan fingerprint density at radius 2 is 1.97 bits per heavy atom. The standard InChI is InChI=1S/C20H17F2N3O4/c1-12(20(28)24-16-7-6-13(21)10-15(16)22)29-19(27)8-9-25-17-5-3-2-4-14(17)18(26)11-23-25/h2-7,10-12H,8-9H2,1H3,(H,24,28)/t12-/m1/s1. The van der Waals surface area contributed by atoms with Gasteiger partial charge in [0.25, 0.3) is 5.91 Å². The van der Waals surface area contributed by atoms with E-state index >= 15 is 0 Å². The summed E-state index contributed by atoms with van der Waals surface area (Å²) in [6, 6.07) is 9.55. The van der Waals surface area contributed by atoms with Gasteiger partial charge in [0.1, 0.15) is 11.6 Å². The van der Waals surface area contributed by atoms with Crippen molar-refractivity contribution in [2.24, 2.45) is 0 Å². The number of nitrogens with zero attached hydrogens (tertiary/aromatic N) is 2. The molecule has 0 aliphatic heterocycles. The second kappa shape index (κ2) is 8.59. The minimum Gasteiger partial charge on any atom is -0.452 e. The Hall–Kier alpha value is -3.62. The largest absolute Gasteiger partial charge is 0.452 e. The van der Waals surface area contributed by atoms with Crippen LogP contribution in [0, 0.1) is 11.6 Å². The predicted octanol–water partition coefficient (Wildman–Crippen LogP) is 2.64. The molecule has 0 radical (unpaired) electrons. The van der Waals surface area contributed by atoms with E-state index in [0.717, 1.165) is 12.1 Å². The van der Waals surface area contributed by atoms with Gasteiger partial charge < -0.3 is 10.1 Å². The SMILES string of the molecule is C[C@@H](OC(=O)CCn1ncc(=O)c2ccccc21)C(=O)Nc1ccc(F)cc1F. The van der Waals surface area contributed by atoms with Crippen molar-refractivity contribution in [2.75, 3.05) is 5.32 Å². The molecule has 0 aliphatic carbocycles. The molecular formula is C20H17F2N3O4. The number of rotatable bonds is 6. The fourth-order valence-electron chi connectivity index (χ4n) is 2.67. The Morgan fingerprint density at radius 1 is 1.21 bits per heavy atom. The van der Waals surface area contributed by atoms with E-state index < -0.39 is 29.6 Å². The summed E-state index contributed by atoms with van der Waals surface area (Å²) in [5, 5.41) is 6.72. The van der Waals surface area contributed by atoms with Crippen LogP contribution in [0.2, 0.25) is 0 Å². The molecule has 9 heteroatoms. The maximum atomic E-state index is 13.6. The molecule has 1 N–H and O–H groups in total. The van der Waals surface area contributed by atoms with Gasteiger partial charge in [-0.25, -0.2) is 8.78 Å². The highest BCUT2D eigenvalue weighted by molar-refractivity contribution is 5.95. The van der Waals surface area contributed by atoms with Crippen molar-refractivity contribution < 1.29 is 23.1 Å². The summed E-state index contributed by atoms with van der Waals surface area (Å²) in [5.74, 6) is -3.13. The molecule has 29 heavy (non-hydrogen) atoms. The van der Waals surface area contributed by atoms with Gasteiger partial charge in [0.15, 0.2) is 6.10 Å². The summed E-state index contributed by atoms with van der Waals surface area (Å²) in [6.07, 6.45) is -0.116. The van der Waals surface area contributed by atoms with Crippen LogP contribution in [0.15, 0.2) is 53.5 Å². The van der Waals surface area contributed by atoms with Gasteiger partial charge in [0, 0.05) is 11.5 Å². The highest BCUT2D eigenvalue weighted by Gasteiger charge is 2.19. The molecule has 0 saturated heterocycles. The number of carbonyl (C=O) groups excluding carboxylic acids is 2. The molecule has 1 aromatic heterocycles. The van der Waals surface area contributed by atoms with Gasteiger partial charge in [-0.05, 0) is 31.2 Å². The van der Waals surface area contributed by atoms with E-state index in [1.54, 1.807) is 24.3 Å². The number of benzene rings is 2. The summed E-state index contributed by atoms with van der Waals surface area (Å²) < 4.78 is 33.1. The van der Waals surface area contributed by atoms with Crippen molar-refractivity contribution in [3.63, 3.8) is 0 Å². The smallest absolute Gasteiger partial charge is 0.308 e. The molecule has 0 saturated carbocycles. The molecule has 150 valence electrons. The van der Waals surface area contributed by atoms with Crippen LogP contribution in [0.1, 0.15) is 13.3 Å². The summed E-state index contributed by atoms with van der Waals surface area (Å²) in [4.78, 5) is 36.0. The molecule has 0 fully saturated rings. The highest BCUT2D eigenvalue weighted by Crippen LogP contribution is 2.15. The number of esters is 1. The zero-order chi connectivity index (χ0) is 21.0. The van der Waals surface area contributed by atoms with E-state index in [4.69, 9.17) is 4.74 Å². The average Bonchev–Trinajstić information content (AvgIpc) is 2.69. The van der Waals surface area contributed by atoms with Crippen LogP contribution in [0.3, 0.4) is 0 Å². The maximum absolute atomic E-state index is 13.6. The zero-order valence-electron chi connectivity index (χ0n) is 15.4. The number of ether oxygens (including phenoxy) is 1. The summed E-state index contributed by atoms with van der Waals surface area (Å²) >= 11 is 0. The van der Waals surface area contributed by atoms with Crippen LogP contribution in [-0.4, -0.2) is 27.8 Å². The van der Waals surface area contributed by atoms with Crippen molar-refractivity contribution in [2.45, 2.75) is 26.0 Å². The van der Waals surface area contributed by atoms with Crippen LogP contribution in [0.5, 0.6) is 0 Å². The molecular weight excluding hydrogens is 384 g/mol. The van der Waals surface area contributed by atoms with Crippen LogP contribution in [-0.2, 0) is 20.9 Å². The number of anilines is 1. The maximum Gasteiger partial charge on any atom is 0.308 e. The topological polar surface area (TPSA) is 90.3 Å². The fourth-order valence-corrected chi connectivity index (χ4v) is 2.67. The normalized spacial score (nSPS) is 11.8. The lowest BCUT2D eigenvalue weighted by molar-refractivity contribution is -0.153. The first kappa shape index (κ1) is 20.1. The molecule has 3 aromatic rings. The van der Waals surface area contributed by atoms with Crippen molar-refractivity contribution in [3.05, 3.63) is 70.5 Å². The monoisotopic (exact) mass is 401 g/mol. The zero-order valence-corrected chi connectivity index (χ0v) is 15.4. The Morgan fingerprint density at radius 3 is 2.72 bits per heavy atom. The van der Waals surface area contributed by atoms with Crippen LogP contribution in [0.4, 0.5) is 14.5 Å². The number of fused-ring (bicyclic) bond motifs is 1. The third-order valence-corrected chi connectivity index (χ3v) is 4.16. The van der Waals surface area contributed by atoms with E-state index in [2.05, 4.69) is 10.4 Å². The predicted molar refractivity (Wildman–Crippen MR) is 101 cm³/mol. The number of nitrogens with one attached hydrogen (secondary N) is 1. The van der Waals surface area contributed by atoms with Gasteiger partial charge in [-0.15, -0.1) is 0 Å². The lowest BCUT2D eigenvalue weighted by atomic mass is 10.2. The fraction of sp³-hybridized carbons (Fsp3) is 0.200. The van der Waals surface area contributed by atoms with E-state index in [9.17, 15) is 23.2 Å². The molecule has 1 heterocycles. The number of carbonyl (C=O) groups is 2. The summed E-state index contributed by atoms with van der Waals surface area (Å²) in [7, 11) is 0. The van der Waals surface area contributed by atoms with E-state index in [0.29, 0.717) is 17.0 Å². The van der Waals surface area contributed by atoms with E-state index in [1.165, 1.54) is 17.8 Å².